The monoisotopic (exact) mass is 360 g/mol. The number of rotatable bonds is 4. The van der Waals surface area contributed by atoms with E-state index >= 15 is 0 Å². The standard InChI is InChI=1S/C16H17BrN4O/c17-13-9-5-4-8-12(13)10-18-16(22)15-14(19-21-20-15)11-6-2-1-3-7-11/h1-9,14-15,19-21H,10H2,(H,18,22). The maximum atomic E-state index is 12.4. The first-order valence-electron chi connectivity index (χ1n) is 7.08. The van der Waals surface area contributed by atoms with Crippen molar-refractivity contribution >= 4 is 21.8 Å². The molecular weight excluding hydrogens is 344 g/mol. The van der Waals surface area contributed by atoms with E-state index in [1.807, 2.05) is 54.6 Å². The van der Waals surface area contributed by atoms with Crippen LogP contribution in [0.4, 0.5) is 0 Å². The third-order valence-corrected chi connectivity index (χ3v) is 4.41. The van der Waals surface area contributed by atoms with Crippen LogP contribution >= 0.6 is 15.9 Å². The van der Waals surface area contributed by atoms with Crippen LogP contribution in [0.15, 0.2) is 59.1 Å². The van der Waals surface area contributed by atoms with Crippen LogP contribution in [0.5, 0.6) is 0 Å². The average molecular weight is 361 g/mol. The van der Waals surface area contributed by atoms with Crippen molar-refractivity contribution in [1.82, 2.24) is 21.7 Å². The second-order valence-corrected chi connectivity index (χ2v) is 5.94. The Bertz CT molecular complexity index is 650. The van der Waals surface area contributed by atoms with Gasteiger partial charge in [0, 0.05) is 11.0 Å². The Morgan fingerprint density at radius 3 is 2.55 bits per heavy atom. The smallest absolute Gasteiger partial charge is 0.240 e. The predicted octanol–water partition coefficient (Wildman–Crippen LogP) is 1.79. The van der Waals surface area contributed by atoms with Crippen LogP contribution in [-0.4, -0.2) is 11.9 Å². The molecule has 2 atom stereocenters. The second-order valence-electron chi connectivity index (χ2n) is 5.09. The summed E-state index contributed by atoms with van der Waals surface area (Å²) in [5, 5.41) is 2.97. The highest BCUT2D eigenvalue weighted by molar-refractivity contribution is 9.10. The van der Waals surface area contributed by atoms with Crippen molar-refractivity contribution in [3.63, 3.8) is 0 Å². The van der Waals surface area contributed by atoms with Crippen LogP contribution in [0.1, 0.15) is 17.2 Å². The summed E-state index contributed by atoms with van der Waals surface area (Å²) < 4.78 is 0.991. The summed E-state index contributed by atoms with van der Waals surface area (Å²) in [6.45, 7) is 0.486. The third-order valence-electron chi connectivity index (χ3n) is 3.64. The number of carbonyl (C=O) groups is 1. The SMILES string of the molecule is O=C(NCc1ccccc1Br)C1NNNC1c1ccccc1. The van der Waals surface area contributed by atoms with Gasteiger partial charge in [-0.2, -0.15) is 5.53 Å². The number of nitrogens with one attached hydrogen (secondary N) is 4. The van der Waals surface area contributed by atoms with Gasteiger partial charge in [-0.1, -0.05) is 64.5 Å². The molecule has 4 N–H and O–H groups in total. The van der Waals surface area contributed by atoms with Gasteiger partial charge < -0.3 is 5.32 Å². The van der Waals surface area contributed by atoms with Crippen molar-refractivity contribution in [2.24, 2.45) is 0 Å². The first-order chi connectivity index (χ1) is 10.8. The van der Waals surface area contributed by atoms with Gasteiger partial charge >= 0.3 is 0 Å². The molecule has 1 aliphatic heterocycles. The quantitative estimate of drug-likeness (QED) is 0.671. The van der Waals surface area contributed by atoms with Crippen molar-refractivity contribution in [3.05, 3.63) is 70.2 Å². The fourth-order valence-electron chi connectivity index (χ4n) is 2.45. The average Bonchev–Trinajstić information content (AvgIpc) is 3.04. The van der Waals surface area contributed by atoms with E-state index in [-0.39, 0.29) is 18.0 Å². The highest BCUT2D eigenvalue weighted by atomic mass is 79.9. The van der Waals surface area contributed by atoms with E-state index in [9.17, 15) is 4.79 Å². The topological polar surface area (TPSA) is 65.2 Å². The molecule has 0 saturated carbocycles. The number of halogens is 1. The van der Waals surface area contributed by atoms with Gasteiger partial charge in [0.15, 0.2) is 0 Å². The fourth-order valence-corrected chi connectivity index (χ4v) is 2.88. The van der Waals surface area contributed by atoms with Gasteiger partial charge in [-0.05, 0) is 17.2 Å². The summed E-state index contributed by atoms with van der Waals surface area (Å²) in [7, 11) is 0. The predicted molar refractivity (Wildman–Crippen MR) is 88.4 cm³/mol. The van der Waals surface area contributed by atoms with Gasteiger partial charge in [0.05, 0.1) is 6.04 Å². The fraction of sp³-hybridized carbons (Fsp3) is 0.188. The maximum Gasteiger partial charge on any atom is 0.240 e. The molecule has 0 aliphatic carbocycles. The lowest BCUT2D eigenvalue weighted by molar-refractivity contribution is -0.123. The van der Waals surface area contributed by atoms with E-state index in [0.29, 0.717) is 6.54 Å². The van der Waals surface area contributed by atoms with Gasteiger partial charge in [0.2, 0.25) is 5.91 Å². The van der Waals surface area contributed by atoms with Gasteiger partial charge in [-0.15, -0.1) is 0 Å². The largest absolute Gasteiger partial charge is 0.351 e. The van der Waals surface area contributed by atoms with Gasteiger partial charge in [0.1, 0.15) is 6.04 Å². The molecule has 1 saturated heterocycles. The molecule has 1 fully saturated rings. The van der Waals surface area contributed by atoms with E-state index in [0.717, 1.165) is 15.6 Å². The molecule has 1 heterocycles. The molecule has 6 heteroatoms. The van der Waals surface area contributed by atoms with Crippen LogP contribution in [0, 0.1) is 0 Å². The van der Waals surface area contributed by atoms with E-state index in [1.54, 1.807) is 0 Å². The zero-order chi connectivity index (χ0) is 15.4. The molecule has 114 valence electrons. The summed E-state index contributed by atoms with van der Waals surface area (Å²) in [4.78, 5) is 12.4. The Labute approximate surface area is 137 Å². The van der Waals surface area contributed by atoms with E-state index in [4.69, 9.17) is 0 Å². The number of hydrogen-bond acceptors (Lipinski definition) is 4. The first-order valence-corrected chi connectivity index (χ1v) is 7.87. The molecule has 0 aromatic heterocycles. The summed E-state index contributed by atoms with van der Waals surface area (Å²) >= 11 is 3.49. The molecular formula is C16H17BrN4O. The molecule has 1 amide bonds. The van der Waals surface area contributed by atoms with Gasteiger partial charge in [-0.3, -0.25) is 4.79 Å². The van der Waals surface area contributed by atoms with E-state index in [1.165, 1.54) is 0 Å². The zero-order valence-corrected chi connectivity index (χ0v) is 13.4. The normalized spacial score (nSPS) is 20.8. The highest BCUT2D eigenvalue weighted by Gasteiger charge is 2.33. The Morgan fingerprint density at radius 1 is 1.05 bits per heavy atom. The molecule has 2 aromatic rings. The number of carbonyl (C=O) groups excluding carboxylic acids is 1. The number of amides is 1. The summed E-state index contributed by atoms with van der Waals surface area (Å²) in [6.07, 6.45) is 0. The highest BCUT2D eigenvalue weighted by Crippen LogP contribution is 2.19. The van der Waals surface area contributed by atoms with Crippen LogP contribution < -0.4 is 21.7 Å². The second kappa shape index (κ2) is 7.02. The summed E-state index contributed by atoms with van der Waals surface area (Å²) in [5.74, 6) is -0.0536. The van der Waals surface area contributed by atoms with E-state index in [2.05, 4.69) is 37.6 Å². The molecule has 5 nitrogen and oxygen atoms in total. The van der Waals surface area contributed by atoms with Crippen molar-refractivity contribution in [3.8, 4) is 0 Å². The molecule has 3 rings (SSSR count). The first kappa shape index (κ1) is 15.2. The Hall–Kier alpha value is -1.73. The number of hydrazine groups is 2. The molecule has 0 bridgehead atoms. The number of hydrogen-bond donors (Lipinski definition) is 4. The van der Waals surface area contributed by atoms with Gasteiger partial charge in [-0.25, -0.2) is 10.9 Å². The third kappa shape index (κ3) is 3.36. The van der Waals surface area contributed by atoms with Crippen LogP contribution in [0.25, 0.3) is 0 Å². The Balaban J connectivity index is 1.65. The molecule has 2 unspecified atom stereocenters. The Morgan fingerprint density at radius 2 is 1.77 bits per heavy atom. The minimum atomic E-state index is -0.370. The van der Waals surface area contributed by atoms with Crippen molar-refractivity contribution < 1.29 is 4.79 Å². The molecule has 0 spiro atoms. The summed E-state index contributed by atoms with van der Waals surface area (Å²) in [6, 6.07) is 17.3. The molecule has 22 heavy (non-hydrogen) atoms. The molecule has 2 aromatic carbocycles. The van der Waals surface area contributed by atoms with Crippen molar-refractivity contribution in [1.29, 1.82) is 0 Å². The lowest BCUT2D eigenvalue weighted by Crippen LogP contribution is -2.44. The lowest BCUT2D eigenvalue weighted by Gasteiger charge is -2.18. The lowest BCUT2D eigenvalue weighted by atomic mass is 10.0. The maximum absolute atomic E-state index is 12.4. The van der Waals surface area contributed by atoms with Gasteiger partial charge in [0.25, 0.3) is 0 Å². The van der Waals surface area contributed by atoms with E-state index < -0.39 is 0 Å². The van der Waals surface area contributed by atoms with Crippen molar-refractivity contribution in [2.45, 2.75) is 18.6 Å². The minimum absolute atomic E-state index is 0.0536. The minimum Gasteiger partial charge on any atom is -0.351 e. The molecule has 0 radical (unpaired) electrons. The van der Waals surface area contributed by atoms with Crippen LogP contribution in [0.2, 0.25) is 0 Å². The molecule has 1 aliphatic rings. The zero-order valence-electron chi connectivity index (χ0n) is 11.8. The number of benzene rings is 2. The van der Waals surface area contributed by atoms with Crippen molar-refractivity contribution in [2.75, 3.05) is 0 Å². The van der Waals surface area contributed by atoms with Crippen LogP contribution in [0.3, 0.4) is 0 Å². The Kier molecular flexibility index (Phi) is 4.84. The summed E-state index contributed by atoms with van der Waals surface area (Å²) in [5.41, 5.74) is 11.0. The van der Waals surface area contributed by atoms with Crippen LogP contribution in [-0.2, 0) is 11.3 Å².